The smallest absolute Gasteiger partial charge is 0.191 e. The molecule has 2 N–H and O–H groups in total. The van der Waals surface area contributed by atoms with Gasteiger partial charge in [-0.1, -0.05) is 24.3 Å². The molecule has 0 saturated carbocycles. The molecule has 3 unspecified atom stereocenters. The number of guanidine groups is 1. The standard InChI is InChI=1S/C21H34N4O2/c1-16-13-25(14-17(2)27-16)15-19-8-6-18(7-9-19)11-23-21(22-3)24-12-20-5-4-10-26-20/h6-9,16-17,20H,4-5,10-15H2,1-3H3,(H2,22,23,24). The summed E-state index contributed by atoms with van der Waals surface area (Å²) in [6, 6.07) is 8.85. The minimum Gasteiger partial charge on any atom is -0.376 e. The Hall–Kier alpha value is -1.63. The Labute approximate surface area is 163 Å². The van der Waals surface area contributed by atoms with Crippen molar-refractivity contribution in [2.75, 3.05) is 33.3 Å². The molecule has 0 aromatic heterocycles. The third kappa shape index (κ3) is 6.48. The largest absolute Gasteiger partial charge is 0.376 e. The zero-order valence-electron chi connectivity index (χ0n) is 16.9. The van der Waals surface area contributed by atoms with Gasteiger partial charge in [-0.15, -0.1) is 0 Å². The Morgan fingerprint density at radius 1 is 1.11 bits per heavy atom. The van der Waals surface area contributed by atoms with Crippen molar-refractivity contribution in [3.63, 3.8) is 0 Å². The number of nitrogens with zero attached hydrogens (tertiary/aromatic N) is 2. The van der Waals surface area contributed by atoms with Gasteiger partial charge < -0.3 is 20.1 Å². The molecule has 2 heterocycles. The molecule has 0 spiro atoms. The predicted octanol–water partition coefficient (Wildman–Crippen LogP) is 2.14. The summed E-state index contributed by atoms with van der Waals surface area (Å²) in [5, 5.41) is 6.73. The van der Waals surface area contributed by atoms with Crippen LogP contribution in [0.1, 0.15) is 37.8 Å². The van der Waals surface area contributed by atoms with E-state index in [1.807, 2.05) is 0 Å². The van der Waals surface area contributed by atoms with Crippen LogP contribution in [0.4, 0.5) is 0 Å². The minimum atomic E-state index is 0.311. The third-order valence-corrected chi connectivity index (χ3v) is 5.13. The first-order valence-electron chi connectivity index (χ1n) is 10.1. The van der Waals surface area contributed by atoms with Crippen LogP contribution < -0.4 is 10.6 Å². The molecule has 1 aromatic rings. The summed E-state index contributed by atoms with van der Waals surface area (Å²) in [5.41, 5.74) is 2.60. The number of rotatable bonds is 6. The fourth-order valence-electron chi connectivity index (χ4n) is 3.86. The van der Waals surface area contributed by atoms with Gasteiger partial charge in [0.05, 0.1) is 18.3 Å². The fraction of sp³-hybridized carbons (Fsp3) is 0.667. The normalized spacial score (nSPS) is 26.9. The molecule has 2 aliphatic rings. The van der Waals surface area contributed by atoms with Gasteiger partial charge in [0, 0.05) is 46.4 Å². The molecule has 2 aliphatic heterocycles. The number of hydrogen-bond donors (Lipinski definition) is 2. The molecule has 3 atom stereocenters. The van der Waals surface area contributed by atoms with Crippen LogP contribution in [-0.4, -0.2) is 62.5 Å². The average molecular weight is 375 g/mol. The number of benzene rings is 1. The first-order chi connectivity index (χ1) is 13.1. The molecule has 6 heteroatoms. The summed E-state index contributed by atoms with van der Waals surface area (Å²) in [5.74, 6) is 0.825. The molecule has 0 aliphatic carbocycles. The van der Waals surface area contributed by atoms with Gasteiger partial charge >= 0.3 is 0 Å². The summed E-state index contributed by atoms with van der Waals surface area (Å²) in [6.07, 6.45) is 3.23. The lowest BCUT2D eigenvalue weighted by atomic mass is 10.1. The second-order valence-corrected chi connectivity index (χ2v) is 7.71. The van der Waals surface area contributed by atoms with Gasteiger partial charge in [-0.3, -0.25) is 9.89 Å². The summed E-state index contributed by atoms with van der Waals surface area (Å²) < 4.78 is 11.5. The second kappa shape index (κ2) is 10.1. The number of hydrogen-bond acceptors (Lipinski definition) is 4. The van der Waals surface area contributed by atoms with E-state index in [2.05, 4.69) is 58.6 Å². The minimum absolute atomic E-state index is 0.311. The molecule has 1 aromatic carbocycles. The maximum atomic E-state index is 5.82. The van der Waals surface area contributed by atoms with Gasteiger partial charge in [0.1, 0.15) is 0 Å². The van der Waals surface area contributed by atoms with E-state index >= 15 is 0 Å². The van der Waals surface area contributed by atoms with E-state index in [9.17, 15) is 0 Å². The highest BCUT2D eigenvalue weighted by Crippen LogP contribution is 2.15. The Morgan fingerprint density at radius 2 is 1.81 bits per heavy atom. The van der Waals surface area contributed by atoms with Crippen molar-refractivity contribution in [2.45, 2.75) is 58.1 Å². The zero-order valence-corrected chi connectivity index (χ0v) is 16.9. The molecule has 0 amide bonds. The maximum absolute atomic E-state index is 5.82. The maximum Gasteiger partial charge on any atom is 0.191 e. The first kappa shape index (κ1) is 20.1. The Kier molecular flexibility index (Phi) is 7.50. The Balaban J connectivity index is 1.42. The van der Waals surface area contributed by atoms with Crippen LogP contribution in [0.15, 0.2) is 29.3 Å². The molecule has 0 bridgehead atoms. The molecule has 3 rings (SSSR count). The summed E-state index contributed by atoms with van der Waals surface area (Å²) in [4.78, 5) is 6.77. The summed E-state index contributed by atoms with van der Waals surface area (Å²) >= 11 is 0. The van der Waals surface area contributed by atoms with Crippen molar-refractivity contribution in [1.82, 2.24) is 15.5 Å². The number of nitrogens with one attached hydrogen (secondary N) is 2. The lowest BCUT2D eigenvalue weighted by molar-refractivity contribution is -0.0704. The molecule has 0 radical (unpaired) electrons. The van der Waals surface area contributed by atoms with Crippen LogP contribution >= 0.6 is 0 Å². The van der Waals surface area contributed by atoms with Gasteiger partial charge in [0.2, 0.25) is 0 Å². The Morgan fingerprint density at radius 3 is 2.44 bits per heavy atom. The van der Waals surface area contributed by atoms with E-state index in [1.54, 1.807) is 7.05 Å². The van der Waals surface area contributed by atoms with E-state index in [-0.39, 0.29) is 0 Å². The topological polar surface area (TPSA) is 58.1 Å². The zero-order chi connectivity index (χ0) is 19.1. The van der Waals surface area contributed by atoms with Gasteiger partial charge in [-0.2, -0.15) is 0 Å². The third-order valence-electron chi connectivity index (χ3n) is 5.13. The molecular weight excluding hydrogens is 340 g/mol. The number of ether oxygens (including phenoxy) is 2. The van der Waals surface area contributed by atoms with Crippen LogP contribution in [0.5, 0.6) is 0 Å². The molecule has 2 fully saturated rings. The highest BCUT2D eigenvalue weighted by atomic mass is 16.5. The average Bonchev–Trinajstić information content (AvgIpc) is 3.16. The second-order valence-electron chi connectivity index (χ2n) is 7.71. The predicted molar refractivity (Wildman–Crippen MR) is 109 cm³/mol. The molecule has 27 heavy (non-hydrogen) atoms. The monoisotopic (exact) mass is 374 g/mol. The van der Waals surface area contributed by atoms with E-state index in [0.29, 0.717) is 18.3 Å². The quantitative estimate of drug-likeness (QED) is 0.590. The SMILES string of the molecule is CN=C(NCc1ccc(CN2CC(C)OC(C)C2)cc1)NCC1CCCO1. The molecule has 2 saturated heterocycles. The van der Waals surface area contributed by atoms with E-state index in [4.69, 9.17) is 9.47 Å². The van der Waals surface area contributed by atoms with Crippen molar-refractivity contribution in [1.29, 1.82) is 0 Å². The molecule has 6 nitrogen and oxygen atoms in total. The molecular formula is C21H34N4O2. The lowest BCUT2D eigenvalue weighted by Crippen LogP contribution is -2.44. The van der Waals surface area contributed by atoms with Crippen molar-refractivity contribution in [3.05, 3.63) is 35.4 Å². The van der Waals surface area contributed by atoms with Crippen LogP contribution in [-0.2, 0) is 22.6 Å². The summed E-state index contributed by atoms with van der Waals surface area (Å²) in [6.45, 7) is 9.74. The highest BCUT2D eigenvalue weighted by Gasteiger charge is 2.22. The lowest BCUT2D eigenvalue weighted by Gasteiger charge is -2.35. The van der Waals surface area contributed by atoms with Crippen LogP contribution in [0, 0.1) is 0 Å². The van der Waals surface area contributed by atoms with Gasteiger partial charge in [0.15, 0.2) is 5.96 Å². The van der Waals surface area contributed by atoms with E-state index in [0.717, 1.165) is 58.1 Å². The van der Waals surface area contributed by atoms with Gasteiger partial charge in [-0.25, -0.2) is 0 Å². The van der Waals surface area contributed by atoms with Crippen LogP contribution in [0.3, 0.4) is 0 Å². The van der Waals surface area contributed by atoms with E-state index in [1.165, 1.54) is 11.1 Å². The number of morpholine rings is 1. The van der Waals surface area contributed by atoms with E-state index < -0.39 is 0 Å². The van der Waals surface area contributed by atoms with Crippen molar-refractivity contribution < 1.29 is 9.47 Å². The summed E-state index contributed by atoms with van der Waals surface area (Å²) in [7, 11) is 1.80. The highest BCUT2D eigenvalue weighted by molar-refractivity contribution is 5.79. The van der Waals surface area contributed by atoms with Crippen molar-refractivity contribution >= 4 is 5.96 Å². The Bertz CT molecular complexity index is 589. The molecule has 150 valence electrons. The van der Waals surface area contributed by atoms with Gasteiger partial charge in [-0.05, 0) is 37.8 Å². The van der Waals surface area contributed by atoms with Crippen LogP contribution in [0.25, 0.3) is 0 Å². The fourth-order valence-corrected chi connectivity index (χ4v) is 3.86. The van der Waals surface area contributed by atoms with Crippen LogP contribution in [0.2, 0.25) is 0 Å². The first-order valence-corrected chi connectivity index (χ1v) is 10.1. The van der Waals surface area contributed by atoms with Crippen molar-refractivity contribution in [2.24, 2.45) is 4.99 Å². The van der Waals surface area contributed by atoms with Crippen molar-refractivity contribution in [3.8, 4) is 0 Å². The van der Waals surface area contributed by atoms with Gasteiger partial charge in [0.25, 0.3) is 0 Å². The number of aliphatic imine (C=N–C) groups is 1.